The van der Waals surface area contributed by atoms with E-state index >= 15 is 0 Å². The van der Waals surface area contributed by atoms with Crippen molar-refractivity contribution in [1.82, 2.24) is 5.32 Å². The highest BCUT2D eigenvalue weighted by atomic mass is 35.5. The molecule has 1 heterocycles. The number of β-amino-alcohol motifs (C(OH)–C–C–N with tert-alkyl or cyclic N) is 1. The third-order valence-corrected chi connectivity index (χ3v) is 1.62. The van der Waals surface area contributed by atoms with Crippen molar-refractivity contribution < 1.29 is 9.84 Å². The second kappa shape index (κ2) is 4.91. The fourth-order valence-corrected chi connectivity index (χ4v) is 1.06. The van der Waals surface area contributed by atoms with E-state index in [4.69, 9.17) is 9.84 Å². The number of hydrogen-bond donors (Lipinski definition) is 2. The number of halogens is 1. The van der Waals surface area contributed by atoms with E-state index in [1.807, 2.05) is 0 Å². The van der Waals surface area contributed by atoms with Crippen LogP contribution in [0.25, 0.3) is 0 Å². The predicted octanol–water partition coefficient (Wildman–Crippen LogP) is -0.223. The molecule has 1 aliphatic rings. The molecule has 2 N–H and O–H groups in total. The molecule has 0 aromatic carbocycles. The van der Waals surface area contributed by atoms with Gasteiger partial charge >= 0.3 is 0 Å². The molecule has 1 fully saturated rings. The Bertz CT molecular complexity index is 91.8. The van der Waals surface area contributed by atoms with Crippen molar-refractivity contribution in [2.75, 3.05) is 20.2 Å². The zero-order valence-corrected chi connectivity index (χ0v) is 6.86. The molecular formula is C6H14ClNO2. The van der Waals surface area contributed by atoms with Crippen LogP contribution in [0.1, 0.15) is 6.42 Å². The van der Waals surface area contributed by atoms with Crippen molar-refractivity contribution in [3.63, 3.8) is 0 Å². The molecule has 62 valence electrons. The van der Waals surface area contributed by atoms with E-state index in [2.05, 4.69) is 5.32 Å². The van der Waals surface area contributed by atoms with Gasteiger partial charge in [-0.2, -0.15) is 0 Å². The molecule has 1 rings (SSSR count). The summed E-state index contributed by atoms with van der Waals surface area (Å²) in [6, 6.07) is 0. The quantitative estimate of drug-likeness (QED) is 0.568. The van der Waals surface area contributed by atoms with Crippen LogP contribution in [0.5, 0.6) is 0 Å². The van der Waals surface area contributed by atoms with Crippen molar-refractivity contribution in [2.24, 2.45) is 0 Å². The first-order valence-corrected chi connectivity index (χ1v) is 3.24. The lowest BCUT2D eigenvalue weighted by Crippen LogP contribution is -2.42. The van der Waals surface area contributed by atoms with Gasteiger partial charge in [0.25, 0.3) is 0 Å². The second-order valence-electron chi connectivity index (χ2n) is 2.41. The minimum Gasteiger partial charge on any atom is -0.392 e. The number of rotatable bonds is 1. The molecule has 0 amide bonds. The molecule has 0 saturated carbocycles. The molecule has 0 spiro atoms. The molecule has 4 heteroatoms. The third-order valence-electron chi connectivity index (χ3n) is 1.62. The Kier molecular flexibility index (Phi) is 4.99. The predicted molar refractivity (Wildman–Crippen MR) is 41.5 cm³/mol. The van der Waals surface area contributed by atoms with E-state index in [9.17, 15) is 0 Å². The van der Waals surface area contributed by atoms with Gasteiger partial charge in [0, 0.05) is 26.6 Å². The largest absolute Gasteiger partial charge is 0.392 e. The zero-order valence-electron chi connectivity index (χ0n) is 6.04. The SMILES string of the molecule is CO[C@@H]1CNC[C@@H](O)C1.Cl. The lowest BCUT2D eigenvalue weighted by atomic mass is 10.1. The fraction of sp³-hybridized carbons (Fsp3) is 1.00. The molecule has 2 atom stereocenters. The number of methoxy groups -OCH3 is 1. The second-order valence-corrected chi connectivity index (χ2v) is 2.41. The molecule has 10 heavy (non-hydrogen) atoms. The molecule has 1 saturated heterocycles. The summed E-state index contributed by atoms with van der Waals surface area (Å²) in [4.78, 5) is 0. The first-order chi connectivity index (χ1) is 4.33. The topological polar surface area (TPSA) is 41.5 Å². The van der Waals surface area contributed by atoms with Gasteiger partial charge in [-0.1, -0.05) is 0 Å². The number of ether oxygens (including phenoxy) is 1. The third kappa shape index (κ3) is 2.84. The Balaban J connectivity index is 0.000000810. The van der Waals surface area contributed by atoms with Gasteiger partial charge in [0.05, 0.1) is 12.2 Å². The molecule has 0 aliphatic carbocycles. The highest BCUT2D eigenvalue weighted by molar-refractivity contribution is 5.85. The number of piperidine rings is 1. The number of aliphatic hydroxyl groups excluding tert-OH is 1. The van der Waals surface area contributed by atoms with E-state index in [0.29, 0.717) is 6.54 Å². The van der Waals surface area contributed by atoms with Crippen molar-refractivity contribution in [2.45, 2.75) is 18.6 Å². The molecule has 0 aromatic heterocycles. The maximum absolute atomic E-state index is 9.07. The Morgan fingerprint density at radius 3 is 2.60 bits per heavy atom. The summed E-state index contributed by atoms with van der Waals surface area (Å²) in [5.74, 6) is 0. The Morgan fingerprint density at radius 2 is 2.20 bits per heavy atom. The molecular weight excluding hydrogens is 154 g/mol. The lowest BCUT2D eigenvalue weighted by molar-refractivity contribution is 0.0225. The highest BCUT2D eigenvalue weighted by Crippen LogP contribution is 2.04. The van der Waals surface area contributed by atoms with Gasteiger partial charge in [0.15, 0.2) is 0 Å². The van der Waals surface area contributed by atoms with Crippen LogP contribution < -0.4 is 5.32 Å². The standard InChI is InChI=1S/C6H13NO2.ClH/c1-9-6-2-5(8)3-7-4-6;/h5-8H,2-4H2,1H3;1H/t5-,6-;/m0./s1. The smallest absolute Gasteiger partial charge is 0.0720 e. The van der Waals surface area contributed by atoms with E-state index in [0.717, 1.165) is 13.0 Å². The molecule has 3 nitrogen and oxygen atoms in total. The Hall–Kier alpha value is 0.170. The average molecular weight is 168 g/mol. The van der Waals surface area contributed by atoms with Crippen molar-refractivity contribution >= 4 is 12.4 Å². The van der Waals surface area contributed by atoms with Gasteiger partial charge < -0.3 is 15.2 Å². The van der Waals surface area contributed by atoms with Crippen LogP contribution >= 0.6 is 12.4 Å². The van der Waals surface area contributed by atoms with E-state index in [1.54, 1.807) is 7.11 Å². The summed E-state index contributed by atoms with van der Waals surface area (Å²) in [6.45, 7) is 1.58. The summed E-state index contributed by atoms with van der Waals surface area (Å²) < 4.78 is 5.04. The van der Waals surface area contributed by atoms with Crippen LogP contribution in [0.15, 0.2) is 0 Å². The summed E-state index contributed by atoms with van der Waals surface area (Å²) in [6.07, 6.45) is 0.751. The Labute approximate surface area is 67.2 Å². The maximum atomic E-state index is 9.07. The van der Waals surface area contributed by atoms with Crippen LogP contribution in [0.4, 0.5) is 0 Å². The van der Waals surface area contributed by atoms with Gasteiger partial charge in [0.1, 0.15) is 0 Å². The monoisotopic (exact) mass is 167 g/mol. The summed E-state index contributed by atoms with van der Waals surface area (Å²) in [5.41, 5.74) is 0. The van der Waals surface area contributed by atoms with Gasteiger partial charge in [-0.15, -0.1) is 12.4 Å². The van der Waals surface area contributed by atoms with E-state index in [-0.39, 0.29) is 24.6 Å². The molecule has 1 aliphatic heterocycles. The zero-order chi connectivity index (χ0) is 6.69. The molecule has 0 aromatic rings. The fourth-order valence-electron chi connectivity index (χ4n) is 1.06. The van der Waals surface area contributed by atoms with Crippen molar-refractivity contribution in [3.8, 4) is 0 Å². The van der Waals surface area contributed by atoms with Gasteiger partial charge in [-0.25, -0.2) is 0 Å². The van der Waals surface area contributed by atoms with Crippen LogP contribution in [0.3, 0.4) is 0 Å². The summed E-state index contributed by atoms with van der Waals surface area (Å²) >= 11 is 0. The average Bonchev–Trinajstić information content (AvgIpc) is 1.88. The van der Waals surface area contributed by atoms with Crippen LogP contribution in [-0.2, 0) is 4.74 Å². The van der Waals surface area contributed by atoms with E-state index in [1.165, 1.54) is 0 Å². The highest BCUT2D eigenvalue weighted by Gasteiger charge is 2.18. The van der Waals surface area contributed by atoms with Gasteiger partial charge in [-0.3, -0.25) is 0 Å². The van der Waals surface area contributed by atoms with Gasteiger partial charge in [0.2, 0.25) is 0 Å². The van der Waals surface area contributed by atoms with Gasteiger partial charge in [-0.05, 0) is 0 Å². The Morgan fingerprint density at radius 1 is 1.50 bits per heavy atom. The van der Waals surface area contributed by atoms with Crippen LogP contribution in [0, 0.1) is 0 Å². The molecule has 0 bridgehead atoms. The summed E-state index contributed by atoms with van der Waals surface area (Å²) in [5, 5.41) is 12.1. The molecule has 0 radical (unpaired) electrons. The number of nitrogens with one attached hydrogen (secondary N) is 1. The maximum Gasteiger partial charge on any atom is 0.0720 e. The van der Waals surface area contributed by atoms with Crippen LogP contribution in [-0.4, -0.2) is 37.5 Å². The first kappa shape index (κ1) is 10.2. The lowest BCUT2D eigenvalue weighted by Gasteiger charge is -2.25. The number of aliphatic hydroxyl groups is 1. The normalized spacial score (nSPS) is 33.0. The van der Waals surface area contributed by atoms with Crippen molar-refractivity contribution in [3.05, 3.63) is 0 Å². The van der Waals surface area contributed by atoms with Crippen LogP contribution in [0.2, 0.25) is 0 Å². The first-order valence-electron chi connectivity index (χ1n) is 3.24. The molecule has 0 unspecified atom stereocenters. The number of hydrogen-bond acceptors (Lipinski definition) is 3. The minimum absolute atomic E-state index is 0. The summed E-state index contributed by atoms with van der Waals surface area (Å²) in [7, 11) is 1.67. The minimum atomic E-state index is -0.219. The van der Waals surface area contributed by atoms with Crippen molar-refractivity contribution in [1.29, 1.82) is 0 Å². The van der Waals surface area contributed by atoms with E-state index < -0.39 is 0 Å².